The standard InChI is InChI=1S/C31H31N7O3/c1-39-21-12-8-19-10-14-25(23(19)16-21)35-37-29-18-30(34-31(33-29)32-27-6-4-5-7-28(27)41-3)38-36-26-15-11-20-9-13-22(40-2)17-24(20)26/h4-9,12-13,16-18H,10-11,14-15H2,1-3H3,(H3,32,33,34,37,38). The second-order valence-corrected chi connectivity index (χ2v) is 9.67. The molecule has 0 saturated heterocycles. The van der Waals surface area contributed by atoms with Gasteiger partial charge in [-0.3, -0.25) is 10.9 Å². The summed E-state index contributed by atoms with van der Waals surface area (Å²) in [6.07, 6.45) is 3.52. The average Bonchev–Trinajstić information content (AvgIpc) is 3.62. The first-order valence-electron chi connectivity index (χ1n) is 13.4. The molecular formula is C31H31N7O3. The molecular weight excluding hydrogens is 518 g/mol. The lowest BCUT2D eigenvalue weighted by Crippen LogP contribution is -2.07. The monoisotopic (exact) mass is 549 g/mol. The van der Waals surface area contributed by atoms with Crippen molar-refractivity contribution in [3.05, 3.63) is 89.0 Å². The molecule has 10 nitrogen and oxygen atoms in total. The van der Waals surface area contributed by atoms with Gasteiger partial charge in [-0.1, -0.05) is 24.3 Å². The van der Waals surface area contributed by atoms with Crippen LogP contribution in [0.3, 0.4) is 0 Å². The Hall–Kier alpha value is -5.12. The highest BCUT2D eigenvalue weighted by molar-refractivity contribution is 6.05. The summed E-state index contributed by atoms with van der Waals surface area (Å²) in [4.78, 5) is 9.33. The van der Waals surface area contributed by atoms with Crippen LogP contribution in [0.5, 0.6) is 17.2 Å². The Morgan fingerprint density at radius 3 is 1.73 bits per heavy atom. The zero-order valence-electron chi connectivity index (χ0n) is 23.2. The van der Waals surface area contributed by atoms with Gasteiger partial charge in [0.1, 0.15) is 17.2 Å². The third-order valence-electron chi connectivity index (χ3n) is 7.21. The number of hydrogen-bond acceptors (Lipinski definition) is 10. The maximum Gasteiger partial charge on any atom is 0.231 e. The SMILES string of the molecule is COc1ccc2c(c1)C(=NNc1cc(NN=C3CCc4ccc(OC)cc43)nc(Nc3ccccc3OC)n1)CC2. The van der Waals surface area contributed by atoms with Crippen LogP contribution in [0.1, 0.15) is 35.1 Å². The predicted molar refractivity (Wildman–Crippen MR) is 161 cm³/mol. The van der Waals surface area contributed by atoms with E-state index in [0.717, 1.165) is 65.4 Å². The molecule has 0 atom stereocenters. The normalized spacial score (nSPS) is 15.4. The van der Waals surface area contributed by atoms with Gasteiger partial charge in [-0.25, -0.2) is 0 Å². The second-order valence-electron chi connectivity index (χ2n) is 9.67. The van der Waals surface area contributed by atoms with Crippen molar-refractivity contribution < 1.29 is 14.2 Å². The quantitative estimate of drug-likeness (QED) is 0.226. The van der Waals surface area contributed by atoms with E-state index in [0.29, 0.717) is 23.3 Å². The molecule has 2 aliphatic carbocycles. The number of anilines is 4. The highest BCUT2D eigenvalue weighted by atomic mass is 16.5. The van der Waals surface area contributed by atoms with Gasteiger partial charge in [0.05, 0.1) is 38.4 Å². The van der Waals surface area contributed by atoms with Crippen LogP contribution in [0.15, 0.2) is 76.9 Å². The summed E-state index contributed by atoms with van der Waals surface area (Å²) in [6.45, 7) is 0. The van der Waals surface area contributed by atoms with Crippen LogP contribution in [0, 0.1) is 0 Å². The zero-order chi connectivity index (χ0) is 28.2. The Labute approximate surface area is 238 Å². The number of methoxy groups -OCH3 is 3. The van der Waals surface area contributed by atoms with Crippen molar-refractivity contribution in [2.24, 2.45) is 10.2 Å². The van der Waals surface area contributed by atoms with Crippen molar-refractivity contribution in [1.82, 2.24) is 9.97 Å². The number of aryl methyl sites for hydroxylation is 2. The molecule has 0 saturated carbocycles. The van der Waals surface area contributed by atoms with Crippen molar-refractivity contribution in [3.8, 4) is 17.2 Å². The van der Waals surface area contributed by atoms with Gasteiger partial charge in [0.25, 0.3) is 0 Å². The van der Waals surface area contributed by atoms with Gasteiger partial charge in [0.15, 0.2) is 11.6 Å². The summed E-state index contributed by atoms with van der Waals surface area (Å²) in [6, 6.07) is 21.6. The van der Waals surface area contributed by atoms with E-state index in [4.69, 9.17) is 24.4 Å². The number of para-hydroxylation sites is 2. The molecule has 3 N–H and O–H groups in total. The Balaban J connectivity index is 1.30. The first-order chi connectivity index (χ1) is 20.1. The smallest absolute Gasteiger partial charge is 0.231 e. The number of fused-ring (bicyclic) bond motifs is 2. The molecule has 1 aromatic heterocycles. The van der Waals surface area contributed by atoms with Gasteiger partial charge in [-0.15, -0.1) is 0 Å². The van der Waals surface area contributed by atoms with Crippen LogP contribution >= 0.6 is 0 Å². The molecule has 0 bridgehead atoms. The highest BCUT2D eigenvalue weighted by Crippen LogP contribution is 2.30. The maximum atomic E-state index is 5.50. The van der Waals surface area contributed by atoms with E-state index in [-0.39, 0.29) is 0 Å². The van der Waals surface area contributed by atoms with Crippen LogP contribution in [0.4, 0.5) is 23.3 Å². The predicted octanol–water partition coefficient (Wildman–Crippen LogP) is 5.77. The van der Waals surface area contributed by atoms with E-state index in [1.807, 2.05) is 48.5 Å². The molecule has 208 valence electrons. The molecule has 0 radical (unpaired) electrons. The molecule has 0 spiro atoms. The minimum atomic E-state index is 0.365. The molecule has 1 heterocycles. The molecule has 0 unspecified atom stereocenters. The Morgan fingerprint density at radius 2 is 1.20 bits per heavy atom. The van der Waals surface area contributed by atoms with E-state index < -0.39 is 0 Å². The summed E-state index contributed by atoms with van der Waals surface area (Å²) in [5.41, 5.74) is 13.6. The van der Waals surface area contributed by atoms with Crippen molar-refractivity contribution in [2.75, 3.05) is 37.5 Å². The number of nitrogens with one attached hydrogen (secondary N) is 3. The topological polar surface area (TPSA) is 114 Å². The van der Waals surface area contributed by atoms with Crippen LogP contribution < -0.4 is 30.4 Å². The molecule has 3 aromatic carbocycles. The maximum absolute atomic E-state index is 5.50. The zero-order valence-corrected chi connectivity index (χ0v) is 23.2. The molecule has 0 amide bonds. The number of rotatable bonds is 9. The minimum absolute atomic E-state index is 0.365. The molecule has 10 heteroatoms. The lowest BCUT2D eigenvalue weighted by molar-refractivity contribution is 0.414. The summed E-state index contributed by atoms with van der Waals surface area (Å²) < 4.78 is 16.3. The fraction of sp³-hybridized carbons (Fsp3) is 0.226. The highest BCUT2D eigenvalue weighted by Gasteiger charge is 2.20. The van der Waals surface area contributed by atoms with E-state index in [2.05, 4.69) is 38.3 Å². The molecule has 6 rings (SSSR count). The summed E-state index contributed by atoms with van der Waals surface area (Å²) in [7, 11) is 4.96. The van der Waals surface area contributed by atoms with E-state index in [1.54, 1.807) is 27.4 Å². The van der Waals surface area contributed by atoms with Crippen LogP contribution in [-0.2, 0) is 12.8 Å². The summed E-state index contributed by atoms with van der Waals surface area (Å²) in [5, 5.41) is 12.7. The van der Waals surface area contributed by atoms with Crippen LogP contribution in [0.25, 0.3) is 0 Å². The molecule has 0 fully saturated rings. The van der Waals surface area contributed by atoms with Crippen molar-refractivity contribution in [1.29, 1.82) is 0 Å². The lowest BCUT2D eigenvalue weighted by Gasteiger charge is -2.12. The van der Waals surface area contributed by atoms with E-state index in [9.17, 15) is 0 Å². The lowest BCUT2D eigenvalue weighted by atomic mass is 10.1. The number of benzene rings is 3. The molecule has 41 heavy (non-hydrogen) atoms. The van der Waals surface area contributed by atoms with Gasteiger partial charge < -0.3 is 19.5 Å². The van der Waals surface area contributed by atoms with Crippen molar-refractivity contribution in [3.63, 3.8) is 0 Å². The van der Waals surface area contributed by atoms with Gasteiger partial charge in [0, 0.05) is 17.2 Å². The van der Waals surface area contributed by atoms with E-state index >= 15 is 0 Å². The summed E-state index contributed by atoms with van der Waals surface area (Å²) in [5.74, 6) is 3.68. The summed E-state index contributed by atoms with van der Waals surface area (Å²) >= 11 is 0. The Bertz CT molecular complexity index is 1560. The first-order valence-corrected chi connectivity index (χ1v) is 13.4. The van der Waals surface area contributed by atoms with Crippen molar-refractivity contribution >= 4 is 34.7 Å². The van der Waals surface area contributed by atoms with Gasteiger partial charge in [0.2, 0.25) is 5.95 Å². The van der Waals surface area contributed by atoms with Crippen LogP contribution in [0.2, 0.25) is 0 Å². The second kappa shape index (κ2) is 11.5. The number of hydrazone groups is 2. The third kappa shape index (κ3) is 5.62. The molecule has 4 aromatic rings. The van der Waals surface area contributed by atoms with Crippen LogP contribution in [-0.4, -0.2) is 42.7 Å². The number of nitrogens with zero attached hydrogens (tertiary/aromatic N) is 4. The number of aromatic nitrogens is 2. The first kappa shape index (κ1) is 26.1. The van der Waals surface area contributed by atoms with E-state index in [1.165, 1.54) is 11.1 Å². The third-order valence-corrected chi connectivity index (χ3v) is 7.21. The largest absolute Gasteiger partial charge is 0.497 e. The number of ether oxygens (including phenoxy) is 3. The van der Waals surface area contributed by atoms with Gasteiger partial charge in [-0.2, -0.15) is 20.2 Å². The fourth-order valence-electron chi connectivity index (χ4n) is 5.08. The van der Waals surface area contributed by atoms with Crippen molar-refractivity contribution in [2.45, 2.75) is 25.7 Å². The van der Waals surface area contributed by atoms with Gasteiger partial charge in [-0.05, 0) is 73.2 Å². The molecule has 0 aliphatic heterocycles. The number of hydrogen-bond donors (Lipinski definition) is 3. The Morgan fingerprint density at radius 1 is 0.634 bits per heavy atom. The average molecular weight is 550 g/mol. The fourth-order valence-corrected chi connectivity index (χ4v) is 5.08. The minimum Gasteiger partial charge on any atom is -0.497 e. The van der Waals surface area contributed by atoms with Gasteiger partial charge >= 0.3 is 0 Å². The Kier molecular flexibility index (Phi) is 7.36. The molecule has 2 aliphatic rings.